The summed E-state index contributed by atoms with van der Waals surface area (Å²) in [7, 11) is 1.67. The van der Waals surface area contributed by atoms with Crippen LogP contribution in [0.25, 0.3) is 11.0 Å². The number of benzene rings is 1. The first-order chi connectivity index (χ1) is 9.81. The Hall–Kier alpha value is -1.52. The Balaban J connectivity index is 2.08. The van der Waals surface area contributed by atoms with E-state index in [1.165, 1.54) is 4.88 Å². The predicted octanol–water partition coefficient (Wildman–Crippen LogP) is 3.94. The number of fused-ring (bicyclic) bond motifs is 1. The van der Waals surface area contributed by atoms with Gasteiger partial charge in [-0.3, -0.25) is 0 Å². The van der Waals surface area contributed by atoms with Gasteiger partial charge in [-0.05, 0) is 23.6 Å². The van der Waals surface area contributed by atoms with Gasteiger partial charge in [0.15, 0.2) is 0 Å². The Bertz CT molecular complexity index is 706. The summed E-state index contributed by atoms with van der Waals surface area (Å²) in [5.74, 6) is 2.43. The van der Waals surface area contributed by atoms with Crippen molar-refractivity contribution in [2.75, 3.05) is 13.0 Å². The van der Waals surface area contributed by atoms with Gasteiger partial charge in [0.25, 0.3) is 0 Å². The van der Waals surface area contributed by atoms with Crippen molar-refractivity contribution in [3.05, 3.63) is 46.4 Å². The predicted molar refractivity (Wildman–Crippen MR) is 84.1 cm³/mol. The molecule has 3 rings (SSSR count). The van der Waals surface area contributed by atoms with Gasteiger partial charge in [0, 0.05) is 23.2 Å². The molecule has 0 unspecified atom stereocenters. The molecular weight excluding hydrogens is 292 g/mol. The van der Waals surface area contributed by atoms with E-state index in [1.807, 2.05) is 12.1 Å². The molecule has 0 aliphatic rings. The minimum atomic E-state index is 0.574. The van der Waals surface area contributed by atoms with Crippen LogP contribution in [0.5, 0.6) is 5.75 Å². The van der Waals surface area contributed by atoms with Crippen LogP contribution in [-0.4, -0.2) is 22.5 Å². The molecular formula is C15H15ClN2OS. The van der Waals surface area contributed by atoms with Gasteiger partial charge in [0.2, 0.25) is 0 Å². The number of ether oxygens (including phenoxy) is 1. The number of thiophene rings is 1. The number of rotatable bonds is 5. The molecule has 2 aromatic heterocycles. The van der Waals surface area contributed by atoms with E-state index in [4.69, 9.17) is 21.3 Å². The van der Waals surface area contributed by atoms with Crippen molar-refractivity contribution in [1.82, 2.24) is 9.55 Å². The highest BCUT2D eigenvalue weighted by Gasteiger charge is 2.12. The van der Waals surface area contributed by atoms with Crippen molar-refractivity contribution < 1.29 is 4.74 Å². The van der Waals surface area contributed by atoms with Crippen LogP contribution >= 0.6 is 22.9 Å². The van der Waals surface area contributed by atoms with Crippen molar-refractivity contribution in [3.63, 3.8) is 0 Å². The quantitative estimate of drug-likeness (QED) is 0.668. The van der Waals surface area contributed by atoms with E-state index in [-0.39, 0.29) is 0 Å². The second-order valence-corrected chi connectivity index (χ2v) is 5.90. The average Bonchev–Trinajstić information content (AvgIpc) is 3.08. The molecule has 3 aromatic rings. The van der Waals surface area contributed by atoms with Crippen LogP contribution in [0.3, 0.4) is 0 Å². The summed E-state index contributed by atoms with van der Waals surface area (Å²) in [4.78, 5) is 6.01. The largest absolute Gasteiger partial charge is 0.497 e. The molecule has 5 heteroatoms. The fourth-order valence-electron chi connectivity index (χ4n) is 2.30. The lowest BCUT2D eigenvalue weighted by molar-refractivity contribution is 0.415. The van der Waals surface area contributed by atoms with Crippen LogP contribution in [0.2, 0.25) is 0 Å². The number of imidazole rings is 1. The Kier molecular flexibility index (Phi) is 3.94. The summed E-state index contributed by atoms with van der Waals surface area (Å²) in [5.41, 5.74) is 2.08. The third kappa shape index (κ3) is 2.53. The molecule has 0 fully saturated rings. The maximum atomic E-state index is 5.90. The van der Waals surface area contributed by atoms with Gasteiger partial charge >= 0.3 is 0 Å². The summed E-state index contributed by atoms with van der Waals surface area (Å²) in [6.45, 7) is 0.840. The number of hydrogen-bond acceptors (Lipinski definition) is 3. The molecule has 1 aromatic carbocycles. The van der Waals surface area contributed by atoms with Gasteiger partial charge in [-0.15, -0.1) is 22.9 Å². The molecule has 2 heterocycles. The maximum absolute atomic E-state index is 5.90. The third-order valence-electron chi connectivity index (χ3n) is 3.25. The van der Waals surface area contributed by atoms with Gasteiger partial charge in [-0.2, -0.15) is 0 Å². The Morgan fingerprint density at radius 2 is 2.25 bits per heavy atom. The standard InChI is InChI=1S/C15H15ClN2OS/c1-19-11-4-5-14-13(9-11)17-15(6-7-16)18(14)10-12-3-2-8-20-12/h2-5,8-9H,6-7,10H2,1H3. The first-order valence-electron chi connectivity index (χ1n) is 6.43. The van der Waals surface area contributed by atoms with Crippen molar-refractivity contribution in [3.8, 4) is 5.75 Å². The summed E-state index contributed by atoms with van der Waals surface area (Å²) in [5, 5.41) is 2.10. The number of aromatic nitrogens is 2. The molecule has 0 aliphatic carbocycles. The van der Waals surface area contributed by atoms with Crippen LogP contribution in [0, 0.1) is 0 Å². The van der Waals surface area contributed by atoms with Crippen molar-refractivity contribution in [2.24, 2.45) is 0 Å². The van der Waals surface area contributed by atoms with Crippen molar-refractivity contribution >= 4 is 34.0 Å². The van der Waals surface area contributed by atoms with Crippen LogP contribution in [0.1, 0.15) is 10.7 Å². The molecule has 0 atom stereocenters. The van der Waals surface area contributed by atoms with Gasteiger partial charge in [-0.1, -0.05) is 6.07 Å². The summed E-state index contributed by atoms with van der Waals surface area (Å²) in [6, 6.07) is 10.2. The fraction of sp³-hybridized carbons (Fsp3) is 0.267. The molecule has 104 valence electrons. The number of hydrogen-bond donors (Lipinski definition) is 0. The first-order valence-corrected chi connectivity index (χ1v) is 7.84. The number of aryl methyl sites for hydroxylation is 1. The number of nitrogens with zero attached hydrogens (tertiary/aromatic N) is 2. The number of alkyl halides is 1. The molecule has 0 aliphatic heterocycles. The van der Waals surface area contributed by atoms with E-state index in [0.29, 0.717) is 5.88 Å². The average molecular weight is 307 g/mol. The third-order valence-corrected chi connectivity index (χ3v) is 4.30. The lowest BCUT2D eigenvalue weighted by Crippen LogP contribution is -2.04. The zero-order chi connectivity index (χ0) is 13.9. The highest BCUT2D eigenvalue weighted by atomic mass is 35.5. The smallest absolute Gasteiger partial charge is 0.121 e. The normalized spacial score (nSPS) is 11.1. The Labute approximate surface area is 126 Å². The summed E-state index contributed by atoms with van der Waals surface area (Å²) in [6.07, 6.45) is 0.768. The van der Waals surface area contributed by atoms with Crippen LogP contribution in [0.15, 0.2) is 35.7 Å². The van der Waals surface area contributed by atoms with Crippen molar-refractivity contribution in [2.45, 2.75) is 13.0 Å². The lowest BCUT2D eigenvalue weighted by Gasteiger charge is -2.07. The minimum Gasteiger partial charge on any atom is -0.497 e. The second kappa shape index (κ2) is 5.85. The van der Waals surface area contributed by atoms with E-state index in [0.717, 1.165) is 35.6 Å². The van der Waals surface area contributed by atoms with E-state index in [9.17, 15) is 0 Å². The second-order valence-electron chi connectivity index (χ2n) is 4.49. The topological polar surface area (TPSA) is 27.1 Å². The number of methoxy groups -OCH3 is 1. The molecule has 0 N–H and O–H groups in total. The number of halogens is 1. The Morgan fingerprint density at radius 1 is 1.35 bits per heavy atom. The SMILES string of the molecule is COc1ccc2c(c1)nc(CCCl)n2Cc1cccs1. The van der Waals surface area contributed by atoms with Crippen LogP contribution in [0.4, 0.5) is 0 Å². The van der Waals surface area contributed by atoms with E-state index in [2.05, 4.69) is 28.1 Å². The lowest BCUT2D eigenvalue weighted by atomic mass is 10.3. The minimum absolute atomic E-state index is 0.574. The molecule has 0 saturated carbocycles. The molecule has 0 amide bonds. The Morgan fingerprint density at radius 3 is 2.95 bits per heavy atom. The van der Waals surface area contributed by atoms with Crippen LogP contribution < -0.4 is 4.74 Å². The van der Waals surface area contributed by atoms with E-state index in [1.54, 1.807) is 18.4 Å². The highest BCUT2D eigenvalue weighted by Crippen LogP contribution is 2.24. The molecule has 0 radical (unpaired) electrons. The van der Waals surface area contributed by atoms with Crippen LogP contribution in [-0.2, 0) is 13.0 Å². The zero-order valence-corrected chi connectivity index (χ0v) is 12.7. The fourth-order valence-corrected chi connectivity index (χ4v) is 3.16. The monoisotopic (exact) mass is 306 g/mol. The maximum Gasteiger partial charge on any atom is 0.121 e. The molecule has 0 saturated heterocycles. The van der Waals surface area contributed by atoms with E-state index >= 15 is 0 Å². The summed E-state index contributed by atoms with van der Waals surface area (Å²) < 4.78 is 7.50. The van der Waals surface area contributed by atoms with Gasteiger partial charge in [0.05, 0.1) is 24.7 Å². The van der Waals surface area contributed by atoms with Gasteiger partial charge in [0.1, 0.15) is 11.6 Å². The molecule has 0 bridgehead atoms. The van der Waals surface area contributed by atoms with E-state index < -0.39 is 0 Å². The molecule has 0 spiro atoms. The first kappa shape index (κ1) is 13.5. The van der Waals surface area contributed by atoms with Crippen molar-refractivity contribution in [1.29, 1.82) is 0 Å². The highest BCUT2D eigenvalue weighted by molar-refractivity contribution is 7.09. The molecule has 20 heavy (non-hydrogen) atoms. The van der Waals surface area contributed by atoms with Gasteiger partial charge < -0.3 is 9.30 Å². The summed E-state index contributed by atoms with van der Waals surface area (Å²) >= 11 is 7.66. The zero-order valence-electron chi connectivity index (χ0n) is 11.2. The molecule has 3 nitrogen and oxygen atoms in total. The van der Waals surface area contributed by atoms with Gasteiger partial charge in [-0.25, -0.2) is 4.98 Å².